The third-order valence-electron chi connectivity index (χ3n) is 4.11. The van der Waals surface area contributed by atoms with E-state index >= 15 is 0 Å². The lowest BCUT2D eigenvalue weighted by Gasteiger charge is -2.33. The molecule has 0 saturated carbocycles. The number of halogens is 1. The Labute approximate surface area is 150 Å². The van der Waals surface area contributed by atoms with E-state index in [0.29, 0.717) is 6.04 Å². The van der Waals surface area contributed by atoms with Crippen molar-refractivity contribution in [2.24, 2.45) is 0 Å². The van der Waals surface area contributed by atoms with Crippen molar-refractivity contribution in [1.29, 1.82) is 0 Å². The van der Waals surface area contributed by atoms with Gasteiger partial charge in [0.25, 0.3) is 0 Å². The Balaban J connectivity index is 1.60. The van der Waals surface area contributed by atoms with Crippen molar-refractivity contribution in [3.63, 3.8) is 0 Å². The number of nitrogens with zero attached hydrogens (tertiary/aromatic N) is 3. The quantitative estimate of drug-likeness (QED) is 0.841. The Kier molecular flexibility index (Phi) is 5.40. The second-order valence-corrected chi connectivity index (χ2v) is 6.62. The average Bonchev–Trinajstić information content (AvgIpc) is 2.62. The van der Waals surface area contributed by atoms with E-state index in [4.69, 9.17) is 9.47 Å². The van der Waals surface area contributed by atoms with Crippen LogP contribution in [0.2, 0.25) is 0 Å². The summed E-state index contributed by atoms with van der Waals surface area (Å²) < 4.78 is 11.5. The Hall–Kier alpha value is -2.02. The highest BCUT2D eigenvalue weighted by Crippen LogP contribution is 2.28. The fourth-order valence-electron chi connectivity index (χ4n) is 2.82. The molecule has 128 valence electrons. The van der Waals surface area contributed by atoms with E-state index < -0.39 is 0 Å². The summed E-state index contributed by atoms with van der Waals surface area (Å²) in [4.78, 5) is 11.0. The lowest BCUT2D eigenvalue weighted by atomic mass is 10.0. The molecule has 2 heterocycles. The zero-order valence-electron chi connectivity index (χ0n) is 13.8. The number of ether oxygens (including phenoxy) is 2. The maximum Gasteiger partial charge on any atom is 0.225 e. The van der Waals surface area contributed by atoms with Gasteiger partial charge in [-0.15, -0.1) is 0 Å². The molecule has 0 spiro atoms. The molecule has 3 rings (SSSR count). The van der Waals surface area contributed by atoms with E-state index in [1.54, 1.807) is 26.6 Å². The topological polar surface area (TPSA) is 59.5 Å². The third kappa shape index (κ3) is 4.08. The molecule has 6 nitrogen and oxygen atoms in total. The highest BCUT2D eigenvalue weighted by Gasteiger charge is 2.21. The Bertz CT molecular complexity index is 651. The molecule has 2 aromatic rings. The lowest BCUT2D eigenvalue weighted by molar-refractivity contribution is 0.394. The summed E-state index contributed by atoms with van der Waals surface area (Å²) >= 11 is 3.37. The third-order valence-corrected chi connectivity index (χ3v) is 4.52. The van der Waals surface area contributed by atoms with E-state index in [1.807, 2.05) is 18.2 Å². The van der Waals surface area contributed by atoms with E-state index in [9.17, 15) is 0 Å². The molecule has 1 saturated heterocycles. The number of rotatable bonds is 5. The van der Waals surface area contributed by atoms with Gasteiger partial charge in [0.15, 0.2) is 0 Å². The number of anilines is 2. The lowest BCUT2D eigenvalue weighted by Crippen LogP contribution is -2.39. The minimum absolute atomic E-state index is 0.411. The summed E-state index contributed by atoms with van der Waals surface area (Å²) in [6.07, 6.45) is 5.63. The van der Waals surface area contributed by atoms with Crippen molar-refractivity contribution in [3.8, 4) is 11.5 Å². The summed E-state index contributed by atoms with van der Waals surface area (Å²) in [5, 5.41) is 3.58. The summed E-state index contributed by atoms with van der Waals surface area (Å²) in [7, 11) is 3.32. The van der Waals surface area contributed by atoms with Crippen molar-refractivity contribution in [2.45, 2.75) is 18.9 Å². The van der Waals surface area contributed by atoms with Crippen LogP contribution in [0, 0.1) is 0 Å². The van der Waals surface area contributed by atoms with Gasteiger partial charge >= 0.3 is 0 Å². The SMILES string of the molecule is COc1cc(NC2CCN(c3ncc(Br)cn3)CC2)cc(OC)c1. The molecule has 0 radical (unpaired) electrons. The van der Waals surface area contributed by atoms with Gasteiger partial charge in [0.05, 0.1) is 18.7 Å². The molecule has 1 aliphatic heterocycles. The van der Waals surface area contributed by atoms with Gasteiger partial charge in [-0.1, -0.05) is 0 Å². The molecule has 1 N–H and O–H groups in total. The smallest absolute Gasteiger partial charge is 0.225 e. The Morgan fingerprint density at radius 2 is 1.62 bits per heavy atom. The first-order valence-corrected chi connectivity index (χ1v) is 8.69. The van der Waals surface area contributed by atoms with Crippen molar-refractivity contribution in [1.82, 2.24) is 9.97 Å². The maximum atomic E-state index is 5.32. The molecule has 0 bridgehead atoms. The van der Waals surface area contributed by atoms with Crippen molar-refractivity contribution < 1.29 is 9.47 Å². The molecule has 7 heteroatoms. The van der Waals surface area contributed by atoms with Crippen LogP contribution in [-0.4, -0.2) is 43.3 Å². The van der Waals surface area contributed by atoms with Gasteiger partial charge in [-0.2, -0.15) is 0 Å². The van der Waals surface area contributed by atoms with Gasteiger partial charge in [-0.05, 0) is 28.8 Å². The second kappa shape index (κ2) is 7.70. The minimum atomic E-state index is 0.411. The molecule has 1 fully saturated rings. The molecule has 24 heavy (non-hydrogen) atoms. The van der Waals surface area contributed by atoms with Crippen LogP contribution in [0.15, 0.2) is 35.1 Å². The van der Waals surface area contributed by atoms with Gasteiger partial charge in [0.2, 0.25) is 5.95 Å². The zero-order chi connectivity index (χ0) is 16.9. The van der Waals surface area contributed by atoms with E-state index in [0.717, 1.165) is 53.5 Å². The summed E-state index contributed by atoms with van der Waals surface area (Å²) in [6.45, 7) is 1.86. The Morgan fingerprint density at radius 3 is 2.17 bits per heavy atom. The van der Waals surface area contributed by atoms with Crippen LogP contribution in [-0.2, 0) is 0 Å². The zero-order valence-corrected chi connectivity index (χ0v) is 15.4. The molecule has 1 aromatic heterocycles. The predicted molar refractivity (Wildman–Crippen MR) is 98.1 cm³/mol. The maximum absolute atomic E-state index is 5.32. The standard InChI is InChI=1S/C17H21BrN4O2/c1-23-15-7-14(8-16(9-15)24-2)21-13-3-5-22(6-4-13)17-19-10-12(18)11-20-17/h7-11,13,21H,3-6H2,1-2H3. The van der Waals surface area contributed by atoms with Crippen LogP contribution in [0.25, 0.3) is 0 Å². The first-order valence-electron chi connectivity index (χ1n) is 7.90. The number of nitrogens with one attached hydrogen (secondary N) is 1. The number of hydrogen-bond donors (Lipinski definition) is 1. The van der Waals surface area contributed by atoms with Crippen LogP contribution < -0.4 is 19.7 Å². The monoisotopic (exact) mass is 392 g/mol. The molecule has 1 aromatic carbocycles. The van der Waals surface area contributed by atoms with Gasteiger partial charge in [-0.3, -0.25) is 0 Å². The summed E-state index contributed by atoms with van der Waals surface area (Å²) in [5.41, 5.74) is 1.02. The highest BCUT2D eigenvalue weighted by molar-refractivity contribution is 9.10. The molecule has 0 unspecified atom stereocenters. The molecule has 0 amide bonds. The first kappa shape index (κ1) is 16.8. The number of benzene rings is 1. The van der Waals surface area contributed by atoms with Gasteiger partial charge < -0.3 is 19.7 Å². The fraction of sp³-hybridized carbons (Fsp3) is 0.412. The van der Waals surface area contributed by atoms with Gasteiger partial charge in [-0.25, -0.2) is 9.97 Å². The van der Waals surface area contributed by atoms with Crippen molar-refractivity contribution in [2.75, 3.05) is 37.5 Å². The first-order chi connectivity index (χ1) is 11.7. The van der Waals surface area contributed by atoms with E-state index in [-0.39, 0.29) is 0 Å². The number of piperidine rings is 1. The van der Waals surface area contributed by atoms with Gasteiger partial charge in [0, 0.05) is 55.4 Å². The second-order valence-electron chi connectivity index (χ2n) is 5.71. The van der Waals surface area contributed by atoms with Crippen LogP contribution in [0.4, 0.5) is 11.6 Å². The molecule has 0 aliphatic carbocycles. The van der Waals surface area contributed by atoms with E-state index in [1.165, 1.54) is 0 Å². The summed E-state index contributed by atoms with van der Waals surface area (Å²) in [6, 6.07) is 6.27. The number of aromatic nitrogens is 2. The number of hydrogen-bond acceptors (Lipinski definition) is 6. The Morgan fingerprint density at radius 1 is 1.04 bits per heavy atom. The molecule has 1 aliphatic rings. The molecular weight excluding hydrogens is 372 g/mol. The van der Waals surface area contributed by atoms with E-state index in [2.05, 4.69) is 36.1 Å². The summed E-state index contributed by atoms with van der Waals surface area (Å²) in [5.74, 6) is 2.37. The van der Waals surface area contributed by atoms with Crippen LogP contribution in [0.5, 0.6) is 11.5 Å². The average molecular weight is 393 g/mol. The normalized spacial score (nSPS) is 15.2. The molecular formula is C17H21BrN4O2. The minimum Gasteiger partial charge on any atom is -0.497 e. The predicted octanol–water partition coefficient (Wildman–Crippen LogP) is 3.34. The van der Waals surface area contributed by atoms with Gasteiger partial charge in [0.1, 0.15) is 11.5 Å². The van der Waals surface area contributed by atoms with Crippen molar-refractivity contribution in [3.05, 3.63) is 35.1 Å². The fourth-order valence-corrected chi connectivity index (χ4v) is 3.02. The largest absolute Gasteiger partial charge is 0.497 e. The van der Waals surface area contributed by atoms with Crippen LogP contribution in [0.3, 0.4) is 0 Å². The number of methoxy groups -OCH3 is 2. The molecule has 0 atom stereocenters. The van der Waals surface area contributed by atoms with Crippen molar-refractivity contribution >= 4 is 27.6 Å². The van der Waals surface area contributed by atoms with Crippen LogP contribution in [0.1, 0.15) is 12.8 Å². The van der Waals surface area contributed by atoms with Crippen LogP contribution >= 0.6 is 15.9 Å². The highest BCUT2D eigenvalue weighted by atomic mass is 79.9.